The third kappa shape index (κ3) is 5.23. The van der Waals surface area contributed by atoms with E-state index in [2.05, 4.69) is 21.7 Å². The first-order valence-corrected chi connectivity index (χ1v) is 8.46. The summed E-state index contributed by atoms with van der Waals surface area (Å²) in [5, 5.41) is 6.17. The van der Waals surface area contributed by atoms with Gasteiger partial charge in [-0.2, -0.15) is 0 Å². The summed E-state index contributed by atoms with van der Waals surface area (Å²) in [5.41, 5.74) is 2.06. The Balaban J connectivity index is 0.00000192. The van der Waals surface area contributed by atoms with Gasteiger partial charge in [-0.25, -0.2) is 0 Å². The molecule has 0 aliphatic carbocycles. The van der Waals surface area contributed by atoms with Crippen LogP contribution in [0.25, 0.3) is 0 Å². The van der Waals surface area contributed by atoms with E-state index in [9.17, 15) is 4.79 Å². The third-order valence-corrected chi connectivity index (χ3v) is 4.71. The maximum atomic E-state index is 12.0. The molecule has 23 heavy (non-hydrogen) atoms. The van der Waals surface area contributed by atoms with Gasteiger partial charge in [0.2, 0.25) is 5.91 Å². The van der Waals surface area contributed by atoms with Crippen molar-refractivity contribution in [3.63, 3.8) is 0 Å². The third-order valence-electron chi connectivity index (χ3n) is 3.63. The van der Waals surface area contributed by atoms with Crippen molar-refractivity contribution in [3.8, 4) is 0 Å². The van der Waals surface area contributed by atoms with Crippen molar-refractivity contribution in [2.75, 3.05) is 11.9 Å². The Labute approximate surface area is 146 Å². The minimum Gasteiger partial charge on any atom is -0.325 e. The maximum absolute atomic E-state index is 12.0. The van der Waals surface area contributed by atoms with Crippen LogP contribution in [0.5, 0.6) is 0 Å². The molecule has 1 aliphatic rings. The lowest BCUT2D eigenvalue weighted by atomic mass is 10.2. The van der Waals surface area contributed by atoms with E-state index in [0.29, 0.717) is 0 Å². The first kappa shape index (κ1) is 17.8. The first-order chi connectivity index (χ1) is 10.8. The summed E-state index contributed by atoms with van der Waals surface area (Å²) in [4.78, 5) is 17.3. The zero-order chi connectivity index (χ0) is 15.2. The van der Waals surface area contributed by atoms with E-state index in [-0.39, 0.29) is 24.4 Å². The Kier molecular flexibility index (Phi) is 6.89. The number of benzene rings is 1. The highest BCUT2D eigenvalue weighted by atomic mass is 35.5. The number of anilines is 1. The fraction of sp³-hybridized carbons (Fsp3) is 0.294. The van der Waals surface area contributed by atoms with Gasteiger partial charge < -0.3 is 10.6 Å². The van der Waals surface area contributed by atoms with Crippen molar-refractivity contribution in [1.82, 2.24) is 10.3 Å². The summed E-state index contributed by atoms with van der Waals surface area (Å²) in [6, 6.07) is 12.0. The zero-order valence-electron chi connectivity index (χ0n) is 12.7. The molecule has 1 aromatic carbocycles. The van der Waals surface area contributed by atoms with Crippen LogP contribution in [-0.2, 0) is 10.5 Å². The van der Waals surface area contributed by atoms with Crippen LogP contribution in [0.15, 0.2) is 53.7 Å². The second kappa shape index (κ2) is 8.91. The van der Waals surface area contributed by atoms with Crippen LogP contribution in [-0.4, -0.2) is 23.5 Å². The van der Waals surface area contributed by atoms with Gasteiger partial charge in [0.1, 0.15) is 0 Å². The quantitative estimate of drug-likeness (QED) is 0.811. The largest absolute Gasteiger partial charge is 0.325 e. The van der Waals surface area contributed by atoms with Gasteiger partial charge in [0.05, 0.1) is 6.04 Å². The van der Waals surface area contributed by atoms with E-state index in [4.69, 9.17) is 0 Å². The molecule has 1 unspecified atom stereocenters. The average Bonchev–Trinajstić information content (AvgIpc) is 3.10. The number of carbonyl (C=O) groups excluding carboxylic acids is 1. The van der Waals surface area contributed by atoms with Crippen molar-refractivity contribution in [1.29, 1.82) is 0 Å². The molecule has 3 rings (SSSR count). The second-order valence-corrected chi connectivity index (χ2v) is 6.36. The van der Waals surface area contributed by atoms with Crippen molar-refractivity contribution in [2.45, 2.75) is 29.5 Å². The summed E-state index contributed by atoms with van der Waals surface area (Å²) < 4.78 is 0. The maximum Gasteiger partial charge on any atom is 0.241 e. The molecule has 6 heteroatoms. The standard InChI is InChI=1S/C17H19N3OS.ClH/c21-17(16-4-2-10-19-16)20-14-5-7-15(8-6-14)22-12-13-3-1-9-18-11-13;/h1,3,5-9,11,16,19H,2,4,10,12H2,(H,20,21);1H. The molecule has 1 atom stereocenters. The van der Waals surface area contributed by atoms with Gasteiger partial charge in [-0.05, 0) is 55.3 Å². The normalized spacial score (nSPS) is 16.6. The Morgan fingerprint density at radius 1 is 1.30 bits per heavy atom. The molecule has 1 aliphatic heterocycles. The van der Waals surface area contributed by atoms with Gasteiger partial charge >= 0.3 is 0 Å². The SMILES string of the molecule is Cl.O=C(Nc1ccc(SCc2cccnc2)cc1)C1CCCN1. The molecule has 1 saturated heterocycles. The number of thioether (sulfide) groups is 1. The molecule has 4 nitrogen and oxygen atoms in total. The summed E-state index contributed by atoms with van der Waals surface area (Å²) >= 11 is 1.76. The molecule has 2 aromatic rings. The van der Waals surface area contributed by atoms with Gasteiger partial charge in [-0.3, -0.25) is 9.78 Å². The number of nitrogens with one attached hydrogen (secondary N) is 2. The number of hydrogen-bond donors (Lipinski definition) is 2. The highest BCUT2D eigenvalue weighted by molar-refractivity contribution is 7.98. The van der Waals surface area contributed by atoms with E-state index in [1.807, 2.05) is 36.5 Å². The summed E-state index contributed by atoms with van der Waals surface area (Å²) in [6.07, 6.45) is 5.66. The predicted octanol–water partition coefficient (Wildman–Crippen LogP) is 3.49. The smallest absolute Gasteiger partial charge is 0.241 e. The number of aromatic nitrogens is 1. The molecular weight excluding hydrogens is 330 g/mol. The number of pyridine rings is 1. The van der Waals surface area contributed by atoms with Gasteiger partial charge in [-0.1, -0.05) is 6.07 Å². The fourth-order valence-corrected chi connectivity index (χ4v) is 3.26. The molecule has 0 radical (unpaired) electrons. The summed E-state index contributed by atoms with van der Waals surface area (Å²) in [7, 11) is 0. The van der Waals surface area contributed by atoms with Crippen LogP contribution in [0.2, 0.25) is 0 Å². The number of carbonyl (C=O) groups is 1. The number of hydrogen-bond acceptors (Lipinski definition) is 4. The van der Waals surface area contributed by atoms with Crippen molar-refractivity contribution >= 4 is 35.8 Å². The molecule has 122 valence electrons. The number of rotatable bonds is 5. The highest BCUT2D eigenvalue weighted by Crippen LogP contribution is 2.24. The van der Waals surface area contributed by atoms with E-state index in [1.165, 1.54) is 10.5 Å². The molecule has 2 N–H and O–H groups in total. The number of amides is 1. The van der Waals surface area contributed by atoms with Gasteiger partial charge in [-0.15, -0.1) is 24.2 Å². The number of nitrogens with zero attached hydrogens (tertiary/aromatic N) is 1. The molecule has 0 saturated carbocycles. The van der Waals surface area contributed by atoms with Crippen LogP contribution in [0.1, 0.15) is 18.4 Å². The molecule has 1 fully saturated rings. The topological polar surface area (TPSA) is 54.0 Å². The lowest BCUT2D eigenvalue weighted by Crippen LogP contribution is -2.35. The minimum atomic E-state index is -0.0420. The first-order valence-electron chi connectivity index (χ1n) is 7.47. The van der Waals surface area contributed by atoms with Crippen molar-refractivity contribution in [2.24, 2.45) is 0 Å². The monoisotopic (exact) mass is 349 g/mol. The molecular formula is C17H20ClN3OS. The van der Waals surface area contributed by atoms with Crippen molar-refractivity contribution < 1.29 is 4.79 Å². The Morgan fingerprint density at radius 2 is 2.13 bits per heavy atom. The van der Waals surface area contributed by atoms with Crippen molar-refractivity contribution in [3.05, 3.63) is 54.4 Å². The lowest BCUT2D eigenvalue weighted by Gasteiger charge is -2.11. The summed E-state index contributed by atoms with van der Waals surface area (Å²) in [6.45, 7) is 0.933. The predicted molar refractivity (Wildman–Crippen MR) is 97.1 cm³/mol. The van der Waals surface area contributed by atoms with Gasteiger partial charge in [0.15, 0.2) is 0 Å². The van der Waals surface area contributed by atoms with Crippen LogP contribution >= 0.6 is 24.2 Å². The lowest BCUT2D eigenvalue weighted by molar-refractivity contribution is -0.117. The van der Waals surface area contributed by atoms with Crippen LogP contribution in [0.4, 0.5) is 5.69 Å². The fourth-order valence-electron chi connectivity index (χ4n) is 2.42. The van der Waals surface area contributed by atoms with Crippen LogP contribution < -0.4 is 10.6 Å². The molecule has 0 spiro atoms. The summed E-state index contributed by atoms with van der Waals surface area (Å²) in [5.74, 6) is 0.958. The van der Waals surface area contributed by atoms with E-state index >= 15 is 0 Å². The Bertz CT molecular complexity index is 615. The van der Waals surface area contributed by atoms with E-state index < -0.39 is 0 Å². The Morgan fingerprint density at radius 3 is 2.78 bits per heavy atom. The molecule has 0 bridgehead atoms. The average molecular weight is 350 g/mol. The minimum absolute atomic E-state index is 0. The molecule has 1 aromatic heterocycles. The molecule has 2 heterocycles. The van der Waals surface area contributed by atoms with E-state index in [1.54, 1.807) is 18.0 Å². The Hall–Kier alpha value is -1.56. The van der Waals surface area contributed by atoms with Gasteiger partial charge in [0, 0.05) is 28.7 Å². The molecule has 1 amide bonds. The van der Waals surface area contributed by atoms with Crippen LogP contribution in [0, 0.1) is 0 Å². The van der Waals surface area contributed by atoms with Crippen LogP contribution in [0.3, 0.4) is 0 Å². The highest BCUT2D eigenvalue weighted by Gasteiger charge is 2.21. The second-order valence-electron chi connectivity index (χ2n) is 5.31. The van der Waals surface area contributed by atoms with Gasteiger partial charge in [0.25, 0.3) is 0 Å². The number of halogens is 1. The zero-order valence-corrected chi connectivity index (χ0v) is 14.3. The van der Waals surface area contributed by atoms with E-state index in [0.717, 1.165) is 30.8 Å².